The van der Waals surface area contributed by atoms with Crippen molar-refractivity contribution in [3.05, 3.63) is 100 Å². The quantitative estimate of drug-likeness (QED) is 0.201. The van der Waals surface area contributed by atoms with Crippen LogP contribution in [-0.4, -0.2) is 32.4 Å². The number of nitrogens with one attached hydrogen (secondary N) is 2. The van der Waals surface area contributed by atoms with E-state index in [0.717, 1.165) is 44.1 Å². The largest absolute Gasteiger partial charge is 0.506 e. The van der Waals surface area contributed by atoms with Gasteiger partial charge >= 0.3 is 0 Å². The average molecular weight is 572 g/mol. The van der Waals surface area contributed by atoms with Crippen molar-refractivity contribution >= 4 is 40.3 Å². The lowest BCUT2D eigenvalue weighted by Crippen LogP contribution is -2.49. The molecule has 0 saturated carbocycles. The minimum atomic E-state index is -0.258. The Labute approximate surface area is 249 Å². The summed E-state index contributed by atoms with van der Waals surface area (Å²) in [6.07, 6.45) is 4.52. The van der Waals surface area contributed by atoms with Gasteiger partial charge < -0.3 is 19.8 Å². The number of aryl methyl sites for hydroxylation is 1. The van der Waals surface area contributed by atoms with Crippen LogP contribution in [0.25, 0.3) is 40.0 Å². The number of phenolic OH excluding ortho intramolecular Hbond substituents is 1. The number of hydrogen-bond acceptors (Lipinski definition) is 6. The number of para-hydroxylation sites is 1. The zero-order valence-corrected chi connectivity index (χ0v) is 24.3. The number of anilines is 1. The summed E-state index contributed by atoms with van der Waals surface area (Å²) >= 11 is 0. The molecule has 3 aromatic rings. The van der Waals surface area contributed by atoms with E-state index < -0.39 is 0 Å². The summed E-state index contributed by atoms with van der Waals surface area (Å²) in [4.78, 5) is 29.1. The molecule has 43 heavy (non-hydrogen) atoms. The van der Waals surface area contributed by atoms with E-state index >= 15 is 0 Å². The Morgan fingerprint density at radius 2 is 1.74 bits per heavy atom. The van der Waals surface area contributed by atoms with Gasteiger partial charge in [-0.3, -0.25) is 10.2 Å². The Kier molecular flexibility index (Phi) is 7.50. The first-order valence-corrected chi connectivity index (χ1v) is 14.4. The van der Waals surface area contributed by atoms with Crippen molar-refractivity contribution in [1.82, 2.24) is 14.9 Å². The van der Waals surface area contributed by atoms with E-state index in [4.69, 9.17) is 10.1 Å². The van der Waals surface area contributed by atoms with Gasteiger partial charge in [0.2, 0.25) is 5.91 Å². The number of aromatic nitrogens is 2. The lowest BCUT2D eigenvalue weighted by Gasteiger charge is -2.25. The third kappa shape index (κ3) is 5.64. The molecule has 1 aliphatic heterocycles. The zero-order chi connectivity index (χ0) is 30.1. The van der Waals surface area contributed by atoms with Crippen LogP contribution in [0.15, 0.2) is 84.0 Å². The Bertz CT molecular complexity index is 2030. The second kappa shape index (κ2) is 11.6. The minimum Gasteiger partial charge on any atom is -0.506 e. The summed E-state index contributed by atoms with van der Waals surface area (Å²) in [5, 5.41) is 22.7. The molecule has 0 bridgehead atoms. The van der Waals surface area contributed by atoms with Crippen LogP contribution in [0.2, 0.25) is 0 Å². The van der Waals surface area contributed by atoms with Crippen molar-refractivity contribution < 1.29 is 14.7 Å². The molecule has 0 radical (unpaired) electrons. The maximum atomic E-state index is 12.7. The number of rotatable bonds is 7. The number of phenols is 1. The molecule has 3 aliphatic rings. The number of amides is 1. The van der Waals surface area contributed by atoms with E-state index in [1.165, 1.54) is 6.92 Å². The third-order valence-electron chi connectivity index (χ3n) is 7.84. The van der Waals surface area contributed by atoms with Gasteiger partial charge in [-0.2, -0.15) is 5.10 Å². The highest BCUT2D eigenvalue weighted by atomic mass is 16.3. The fourth-order valence-corrected chi connectivity index (χ4v) is 5.52. The van der Waals surface area contributed by atoms with Crippen LogP contribution >= 0.6 is 0 Å². The summed E-state index contributed by atoms with van der Waals surface area (Å²) in [6, 6.07) is 25.1. The Morgan fingerprint density at radius 3 is 2.53 bits per heavy atom. The average Bonchev–Trinajstić information content (AvgIpc) is 2.99. The first-order valence-electron chi connectivity index (χ1n) is 14.4. The Balaban J connectivity index is 1.51. The second-order valence-electron chi connectivity index (χ2n) is 11.1. The first-order chi connectivity index (χ1) is 20.8. The fraction of sp³-hybridized carbons (Fsp3) is 0.200. The lowest BCUT2D eigenvalue weighted by atomic mass is 9.96. The van der Waals surface area contributed by atoms with Crippen LogP contribution < -0.4 is 26.8 Å². The molecule has 1 amide bonds. The van der Waals surface area contributed by atoms with Gasteiger partial charge in [0, 0.05) is 29.8 Å². The molecule has 3 N–H and O–H groups in total. The maximum absolute atomic E-state index is 12.7. The van der Waals surface area contributed by atoms with Crippen LogP contribution in [0.4, 0.5) is 5.69 Å². The van der Waals surface area contributed by atoms with Crippen molar-refractivity contribution in [3.63, 3.8) is 0 Å². The summed E-state index contributed by atoms with van der Waals surface area (Å²) in [7, 11) is 0. The summed E-state index contributed by atoms with van der Waals surface area (Å²) < 4.78 is 2.14. The van der Waals surface area contributed by atoms with Crippen LogP contribution in [0, 0.1) is 12.8 Å². The number of ketones is 1. The highest BCUT2D eigenvalue weighted by molar-refractivity contribution is 5.96. The van der Waals surface area contributed by atoms with E-state index in [9.17, 15) is 14.7 Å². The Hall–Kier alpha value is -5.24. The van der Waals surface area contributed by atoms with Crippen LogP contribution in [0.1, 0.15) is 32.3 Å². The smallest absolute Gasteiger partial charge is 0.220 e. The number of nitrogens with zero attached hydrogens (tertiary/aromatic N) is 3. The standard InChI is InChI=1S/C35H33N5O3/c1-21-17-29-31(19-27(21)37-34(43)16-13-23(3)41)40(25-10-5-4-6-11-25)32-20-28(22(2)18-30(32)36-29)38-39-35-26-12-8-7-9-24(26)14-15-33(35)42/h4-12,14-15,17-21,27,39,42H,13,16H2,1-3H3,(H,37,43)/b38-28-. The van der Waals surface area contributed by atoms with E-state index in [0.29, 0.717) is 11.0 Å². The normalized spacial score (nSPS) is 16.3. The number of aromatic hydroxyl groups is 1. The number of fused-ring (bicyclic) bond motifs is 3. The van der Waals surface area contributed by atoms with Crippen LogP contribution in [0.5, 0.6) is 5.75 Å². The number of hydrogen-bond donors (Lipinski definition) is 3. The molecule has 1 heterocycles. The van der Waals surface area contributed by atoms with E-state index in [-0.39, 0.29) is 42.2 Å². The summed E-state index contributed by atoms with van der Waals surface area (Å²) in [5.41, 5.74) is 7.18. The van der Waals surface area contributed by atoms with Crippen molar-refractivity contribution in [3.8, 4) is 22.8 Å². The van der Waals surface area contributed by atoms with Crippen LogP contribution in [-0.2, 0) is 9.59 Å². The highest BCUT2D eigenvalue weighted by Crippen LogP contribution is 2.32. The summed E-state index contributed by atoms with van der Waals surface area (Å²) in [5.74, 6) is -0.0332. The topological polar surface area (TPSA) is 109 Å². The van der Waals surface area contributed by atoms with Gasteiger partial charge in [0.05, 0.1) is 33.5 Å². The molecule has 2 unspecified atom stereocenters. The van der Waals surface area contributed by atoms with Crippen molar-refractivity contribution in [2.45, 2.75) is 39.7 Å². The van der Waals surface area contributed by atoms with Crippen molar-refractivity contribution in [2.75, 3.05) is 5.43 Å². The summed E-state index contributed by atoms with van der Waals surface area (Å²) in [6.45, 7) is 5.53. The number of carbonyl (C=O) groups excluding carboxylic acids is 2. The van der Waals surface area contributed by atoms with Gasteiger partial charge in [0.25, 0.3) is 0 Å². The van der Waals surface area contributed by atoms with Gasteiger partial charge in [-0.25, -0.2) is 4.98 Å². The van der Waals surface area contributed by atoms with Gasteiger partial charge in [-0.05, 0) is 61.2 Å². The molecule has 216 valence electrons. The maximum Gasteiger partial charge on any atom is 0.220 e. The predicted octanol–water partition coefficient (Wildman–Crippen LogP) is 4.14. The third-order valence-corrected chi connectivity index (χ3v) is 7.84. The Morgan fingerprint density at radius 1 is 0.977 bits per heavy atom. The number of Topliss-reactive ketones (excluding diaryl/α,β-unsaturated/α-hetero) is 1. The fourth-order valence-electron chi connectivity index (χ4n) is 5.52. The lowest BCUT2D eigenvalue weighted by molar-refractivity contribution is -0.125. The van der Waals surface area contributed by atoms with E-state index in [1.807, 2.05) is 85.8 Å². The molecule has 0 fully saturated rings. The second-order valence-corrected chi connectivity index (χ2v) is 11.1. The SMILES string of the molecule is CC(=O)CCC(=O)NC1C=c2c(nc3cc(C)/c(=N\Nc4c(O)ccc5ccccc45)cc-3n2-c2ccccc2)=CC1C. The highest BCUT2D eigenvalue weighted by Gasteiger charge is 2.23. The molecule has 2 aliphatic carbocycles. The molecule has 0 aromatic heterocycles. The van der Waals surface area contributed by atoms with Crippen LogP contribution in [0.3, 0.4) is 0 Å². The molecule has 2 atom stereocenters. The zero-order valence-electron chi connectivity index (χ0n) is 24.3. The van der Waals surface area contributed by atoms with E-state index in [2.05, 4.69) is 28.3 Å². The van der Waals surface area contributed by atoms with E-state index in [1.54, 1.807) is 6.07 Å². The molecule has 8 nitrogen and oxygen atoms in total. The molecular formula is C35H33N5O3. The molecular weight excluding hydrogens is 538 g/mol. The van der Waals surface area contributed by atoms with Gasteiger partial charge in [0.1, 0.15) is 17.2 Å². The molecule has 0 spiro atoms. The van der Waals surface area contributed by atoms with Gasteiger partial charge in [-0.1, -0.05) is 61.5 Å². The number of benzene rings is 4. The molecule has 0 saturated heterocycles. The predicted molar refractivity (Wildman–Crippen MR) is 169 cm³/mol. The van der Waals surface area contributed by atoms with Crippen molar-refractivity contribution in [2.24, 2.45) is 11.0 Å². The number of carbonyl (C=O) groups is 2. The van der Waals surface area contributed by atoms with Crippen molar-refractivity contribution in [1.29, 1.82) is 0 Å². The van der Waals surface area contributed by atoms with Gasteiger partial charge in [0.15, 0.2) is 0 Å². The monoisotopic (exact) mass is 571 g/mol. The molecule has 8 heteroatoms. The van der Waals surface area contributed by atoms with Gasteiger partial charge in [-0.15, -0.1) is 0 Å². The first kappa shape index (κ1) is 27.9. The minimum absolute atomic E-state index is 0.00742. The molecule has 6 rings (SSSR count). The molecule has 3 aromatic carbocycles.